The van der Waals surface area contributed by atoms with Crippen molar-refractivity contribution >= 4 is 33.6 Å². The number of nitrogens with zero attached hydrogens (tertiary/aromatic N) is 1. The van der Waals surface area contributed by atoms with E-state index in [0.29, 0.717) is 5.69 Å². The smallest absolute Gasteiger partial charge is 0.323 e. The van der Waals surface area contributed by atoms with Crippen molar-refractivity contribution in [3.05, 3.63) is 28.2 Å². The number of aliphatic carboxylic acids is 1. The van der Waals surface area contributed by atoms with Gasteiger partial charge in [0.2, 0.25) is 0 Å². The maximum atomic E-state index is 12.0. The molecular formula is C13H17BrN2O3. The molecule has 0 bridgehead atoms. The number of aryl methyl sites for hydroxylation is 1. The van der Waals surface area contributed by atoms with Crippen LogP contribution >= 0.6 is 15.9 Å². The number of carbonyl (C=O) groups excluding carboxylic acids is 1. The first kappa shape index (κ1) is 15.5. The van der Waals surface area contributed by atoms with Gasteiger partial charge < -0.3 is 15.3 Å². The maximum absolute atomic E-state index is 12.0. The third kappa shape index (κ3) is 4.90. The van der Waals surface area contributed by atoms with Crippen molar-refractivity contribution in [2.24, 2.45) is 0 Å². The van der Waals surface area contributed by atoms with Crippen LogP contribution in [0.15, 0.2) is 22.7 Å². The van der Waals surface area contributed by atoms with Gasteiger partial charge in [0.05, 0.1) is 0 Å². The molecule has 0 aromatic heterocycles. The molecule has 1 rings (SSSR count). The summed E-state index contributed by atoms with van der Waals surface area (Å²) in [6.07, 6.45) is 0. The molecule has 0 atom stereocenters. The molecule has 0 saturated carbocycles. The van der Waals surface area contributed by atoms with Gasteiger partial charge >= 0.3 is 12.0 Å². The second-order valence-corrected chi connectivity index (χ2v) is 5.48. The summed E-state index contributed by atoms with van der Waals surface area (Å²) in [6, 6.07) is 4.90. The topological polar surface area (TPSA) is 69.6 Å². The number of hydrogen-bond donors (Lipinski definition) is 2. The van der Waals surface area contributed by atoms with Crippen LogP contribution in [-0.4, -0.2) is 34.6 Å². The van der Waals surface area contributed by atoms with E-state index >= 15 is 0 Å². The van der Waals surface area contributed by atoms with E-state index in [1.165, 1.54) is 4.90 Å². The molecule has 6 heteroatoms. The zero-order valence-electron chi connectivity index (χ0n) is 11.1. The van der Waals surface area contributed by atoms with Crippen LogP contribution < -0.4 is 5.32 Å². The van der Waals surface area contributed by atoms with Crippen molar-refractivity contribution in [1.29, 1.82) is 0 Å². The summed E-state index contributed by atoms with van der Waals surface area (Å²) < 4.78 is 0.858. The Labute approximate surface area is 120 Å². The molecule has 1 aromatic rings. The van der Waals surface area contributed by atoms with Gasteiger partial charge in [0.15, 0.2) is 0 Å². The molecule has 0 unspecified atom stereocenters. The number of anilines is 1. The van der Waals surface area contributed by atoms with Gasteiger partial charge in [-0.05, 0) is 44.5 Å². The van der Waals surface area contributed by atoms with Crippen molar-refractivity contribution in [2.75, 3.05) is 11.9 Å². The highest BCUT2D eigenvalue weighted by atomic mass is 79.9. The highest BCUT2D eigenvalue weighted by molar-refractivity contribution is 9.10. The molecule has 0 spiro atoms. The normalized spacial score (nSPS) is 10.4. The van der Waals surface area contributed by atoms with Gasteiger partial charge in [-0.3, -0.25) is 4.79 Å². The summed E-state index contributed by atoms with van der Waals surface area (Å²) in [6.45, 7) is 5.14. The van der Waals surface area contributed by atoms with E-state index in [9.17, 15) is 9.59 Å². The highest BCUT2D eigenvalue weighted by Gasteiger charge is 2.19. The van der Waals surface area contributed by atoms with Crippen LogP contribution in [0.4, 0.5) is 10.5 Å². The minimum atomic E-state index is -1.03. The number of rotatable bonds is 4. The van der Waals surface area contributed by atoms with Crippen molar-refractivity contribution < 1.29 is 14.7 Å². The third-order valence-electron chi connectivity index (χ3n) is 2.48. The van der Waals surface area contributed by atoms with Gasteiger partial charge in [-0.25, -0.2) is 4.79 Å². The number of benzene rings is 1. The van der Waals surface area contributed by atoms with Crippen molar-refractivity contribution in [3.63, 3.8) is 0 Å². The number of carboxylic acid groups (broad SMARTS) is 1. The second-order valence-electron chi connectivity index (χ2n) is 4.56. The Morgan fingerprint density at radius 2 is 2.00 bits per heavy atom. The minimum absolute atomic E-state index is 0.190. The average molecular weight is 329 g/mol. The summed E-state index contributed by atoms with van der Waals surface area (Å²) in [5.74, 6) is -1.03. The third-order valence-corrected chi connectivity index (χ3v) is 2.94. The number of amides is 2. The predicted octanol–water partition coefficient (Wildman–Crippen LogP) is 3.08. The molecule has 19 heavy (non-hydrogen) atoms. The summed E-state index contributed by atoms with van der Waals surface area (Å²) in [5.41, 5.74) is 1.63. The second kappa shape index (κ2) is 6.56. The molecule has 104 valence electrons. The monoisotopic (exact) mass is 328 g/mol. The number of urea groups is 1. The van der Waals surface area contributed by atoms with Crippen LogP contribution in [0, 0.1) is 6.92 Å². The largest absolute Gasteiger partial charge is 0.480 e. The van der Waals surface area contributed by atoms with Crippen molar-refractivity contribution in [3.8, 4) is 0 Å². The lowest BCUT2D eigenvalue weighted by molar-refractivity contribution is -0.137. The van der Waals surface area contributed by atoms with Gasteiger partial charge in [-0.1, -0.05) is 15.9 Å². The van der Waals surface area contributed by atoms with E-state index in [-0.39, 0.29) is 12.6 Å². The number of carbonyl (C=O) groups is 2. The maximum Gasteiger partial charge on any atom is 0.323 e. The Kier molecular flexibility index (Phi) is 5.35. The van der Waals surface area contributed by atoms with Crippen LogP contribution in [0.1, 0.15) is 19.4 Å². The Bertz CT molecular complexity index is 469. The molecule has 5 nitrogen and oxygen atoms in total. The van der Waals surface area contributed by atoms with Gasteiger partial charge in [-0.15, -0.1) is 0 Å². The number of hydrogen-bond acceptors (Lipinski definition) is 2. The molecule has 2 amide bonds. The molecule has 0 heterocycles. The quantitative estimate of drug-likeness (QED) is 0.892. The molecule has 0 saturated heterocycles. The lowest BCUT2D eigenvalue weighted by Crippen LogP contribution is -2.43. The van der Waals surface area contributed by atoms with E-state index in [4.69, 9.17) is 5.11 Å². The van der Waals surface area contributed by atoms with Crippen molar-refractivity contribution in [1.82, 2.24) is 4.90 Å². The molecule has 0 radical (unpaired) electrons. The van der Waals surface area contributed by atoms with Gasteiger partial charge in [-0.2, -0.15) is 0 Å². The SMILES string of the molecule is Cc1cc(Br)cc(NC(=O)N(CC(=O)O)C(C)C)c1. The average Bonchev–Trinajstić information content (AvgIpc) is 2.23. The Balaban J connectivity index is 2.83. The lowest BCUT2D eigenvalue weighted by Gasteiger charge is -2.25. The van der Waals surface area contributed by atoms with Crippen LogP contribution in [0.5, 0.6) is 0 Å². The lowest BCUT2D eigenvalue weighted by atomic mass is 10.2. The van der Waals surface area contributed by atoms with Crippen LogP contribution in [0.2, 0.25) is 0 Å². The molecular weight excluding hydrogens is 312 g/mol. The van der Waals surface area contributed by atoms with E-state index in [1.54, 1.807) is 19.9 Å². The summed E-state index contributed by atoms with van der Waals surface area (Å²) in [4.78, 5) is 24.1. The predicted molar refractivity (Wildman–Crippen MR) is 77.4 cm³/mol. The van der Waals surface area contributed by atoms with Gasteiger partial charge in [0.25, 0.3) is 0 Å². The Morgan fingerprint density at radius 1 is 1.37 bits per heavy atom. The van der Waals surface area contributed by atoms with Crippen molar-refractivity contribution in [2.45, 2.75) is 26.8 Å². The summed E-state index contributed by atoms with van der Waals surface area (Å²) >= 11 is 3.35. The molecule has 0 aliphatic rings. The molecule has 0 aliphatic heterocycles. The summed E-state index contributed by atoms with van der Waals surface area (Å²) in [7, 11) is 0. The molecule has 0 fully saturated rings. The fraction of sp³-hybridized carbons (Fsp3) is 0.385. The first-order valence-electron chi connectivity index (χ1n) is 5.86. The van der Waals surface area contributed by atoms with Crippen LogP contribution in [-0.2, 0) is 4.79 Å². The van der Waals surface area contributed by atoms with Gasteiger partial charge in [0, 0.05) is 16.2 Å². The highest BCUT2D eigenvalue weighted by Crippen LogP contribution is 2.19. The Morgan fingerprint density at radius 3 is 2.47 bits per heavy atom. The van der Waals surface area contributed by atoms with E-state index in [1.807, 2.05) is 19.1 Å². The number of nitrogens with one attached hydrogen (secondary N) is 1. The van der Waals surface area contributed by atoms with E-state index in [0.717, 1.165) is 10.0 Å². The van der Waals surface area contributed by atoms with Crippen LogP contribution in [0.25, 0.3) is 0 Å². The fourth-order valence-corrected chi connectivity index (χ4v) is 2.25. The molecule has 1 aromatic carbocycles. The van der Waals surface area contributed by atoms with Gasteiger partial charge in [0.1, 0.15) is 6.54 Å². The molecule has 0 aliphatic carbocycles. The zero-order chi connectivity index (χ0) is 14.6. The number of carboxylic acids is 1. The van der Waals surface area contributed by atoms with E-state index in [2.05, 4.69) is 21.2 Å². The number of halogens is 1. The Hall–Kier alpha value is -1.56. The van der Waals surface area contributed by atoms with Crippen LogP contribution in [0.3, 0.4) is 0 Å². The zero-order valence-corrected chi connectivity index (χ0v) is 12.7. The standard InChI is InChI=1S/C13H17BrN2O3/c1-8(2)16(7-12(17)18)13(19)15-11-5-9(3)4-10(14)6-11/h4-6,8H,7H2,1-3H3,(H,15,19)(H,17,18). The minimum Gasteiger partial charge on any atom is -0.480 e. The van der Waals surface area contributed by atoms with E-state index < -0.39 is 12.0 Å². The first-order valence-corrected chi connectivity index (χ1v) is 6.65. The fourth-order valence-electron chi connectivity index (χ4n) is 1.64. The first-order chi connectivity index (χ1) is 8.79. The molecule has 2 N–H and O–H groups in total. The summed E-state index contributed by atoms with van der Waals surface area (Å²) in [5, 5.41) is 11.5.